The summed E-state index contributed by atoms with van der Waals surface area (Å²) in [5, 5.41) is 10.8. The Bertz CT molecular complexity index is 555. The van der Waals surface area contributed by atoms with Gasteiger partial charge in [0.15, 0.2) is 0 Å². The molecule has 0 bridgehead atoms. The molecule has 0 spiro atoms. The SMILES string of the molecule is NC1CC(O)(Cc2ccccn2)c2ccccc21. The second-order valence-corrected chi connectivity index (χ2v) is 4.93. The van der Waals surface area contributed by atoms with Crippen molar-refractivity contribution in [3.8, 4) is 0 Å². The van der Waals surface area contributed by atoms with E-state index >= 15 is 0 Å². The average molecular weight is 240 g/mol. The van der Waals surface area contributed by atoms with Gasteiger partial charge in [0.1, 0.15) is 0 Å². The van der Waals surface area contributed by atoms with Crippen LogP contribution in [0.1, 0.15) is 29.3 Å². The molecule has 92 valence electrons. The van der Waals surface area contributed by atoms with Gasteiger partial charge in [0.25, 0.3) is 0 Å². The number of rotatable bonds is 2. The molecule has 1 heterocycles. The van der Waals surface area contributed by atoms with Gasteiger partial charge in [-0.05, 0) is 29.7 Å². The van der Waals surface area contributed by atoms with E-state index in [1.54, 1.807) is 6.20 Å². The van der Waals surface area contributed by atoms with Gasteiger partial charge in [-0.2, -0.15) is 0 Å². The third kappa shape index (κ3) is 1.82. The number of nitrogens with zero attached hydrogens (tertiary/aromatic N) is 1. The predicted molar refractivity (Wildman–Crippen MR) is 69.8 cm³/mol. The summed E-state index contributed by atoms with van der Waals surface area (Å²) in [6.45, 7) is 0. The van der Waals surface area contributed by atoms with Crippen LogP contribution in [-0.4, -0.2) is 10.1 Å². The van der Waals surface area contributed by atoms with Crippen LogP contribution >= 0.6 is 0 Å². The van der Waals surface area contributed by atoms with Gasteiger partial charge >= 0.3 is 0 Å². The van der Waals surface area contributed by atoms with Crippen LogP contribution in [0, 0.1) is 0 Å². The number of hydrogen-bond acceptors (Lipinski definition) is 3. The standard InChI is InChI=1S/C15H16N2O/c16-14-10-15(18,9-11-5-3-4-8-17-11)13-7-2-1-6-12(13)14/h1-8,14,18H,9-10,16H2. The summed E-state index contributed by atoms with van der Waals surface area (Å²) in [6.07, 6.45) is 2.82. The Kier molecular flexibility index (Phi) is 2.65. The van der Waals surface area contributed by atoms with Gasteiger partial charge in [0, 0.05) is 24.4 Å². The Labute approximate surface area is 106 Å². The van der Waals surface area contributed by atoms with Crippen molar-refractivity contribution < 1.29 is 5.11 Å². The molecule has 18 heavy (non-hydrogen) atoms. The first-order chi connectivity index (χ1) is 8.69. The summed E-state index contributed by atoms with van der Waals surface area (Å²) in [4.78, 5) is 4.28. The molecule has 1 aliphatic carbocycles. The van der Waals surface area contributed by atoms with Gasteiger partial charge in [-0.3, -0.25) is 4.98 Å². The van der Waals surface area contributed by atoms with Crippen LogP contribution in [0.3, 0.4) is 0 Å². The molecule has 1 aromatic heterocycles. The van der Waals surface area contributed by atoms with E-state index in [2.05, 4.69) is 4.98 Å². The first-order valence-corrected chi connectivity index (χ1v) is 6.16. The number of fused-ring (bicyclic) bond motifs is 1. The fraction of sp³-hybridized carbons (Fsp3) is 0.267. The first-order valence-electron chi connectivity index (χ1n) is 6.16. The quantitative estimate of drug-likeness (QED) is 0.843. The molecule has 1 aromatic carbocycles. The summed E-state index contributed by atoms with van der Waals surface area (Å²) in [7, 11) is 0. The largest absolute Gasteiger partial charge is 0.385 e. The van der Waals surface area contributed by atoms with Gasteiger partial charge in [0.2, 0.25) is 0 Å². The Morgan fingerprint density at radius 2 is 2.00 bits per heavy atom. The Morgan fingerprint density at radius 1 is 1.22 bits per heavy atom. The predicted octanol–water partition coefficient (Wildman–Crippen LogP) is 1.92. The smallest absolute Gasteiger partial charge is 0.0973 e. The highest BCUT2D eigenvalue weighted by molar-refractivity contribution is 5.40. The maximum absolute atomic E-state index is 10.8. The molecule has 2 aromatic rings. The number of nitrogens with two attached hydrogens (primary N) is 1. The van der Waals surface area contributed by atoms with Crippen molar-refractivity contribution in [2.75, 3.05) is 0 Å². The molecule has 3 N–H and O–H groups in total. The molecule has 3 heteroatoms. The van der Waals surface area contributed by atoms with Gasteiger partial charge in [-0.15, -0.1) is 0 Å². The monoisotopic (exact) mass is 240 g/mol. The van der Waals surface area contributed by atoms with Gasteiger partial charge in [0.05, 0.1) is 5.60 Å². The van der Waals surface area contributed by atoms with Crippen LogP contribution in [0.4, 0.5) is 0 Å². The molecule has 0 amide bonds. The van der Waals surface area contributed by atoms with E-state index in [0.29, 0.717) is 12.8 Å². The van der Waals surface area contributed by atoms with Crippen LogP contribution in [-0.2, 0) is 12.0 Å². The van der Waals surface area contributed by atoms with E-state index < -0.39 is 5.60 Å². The minimum atomic E-state index is -0.885. The first kappa shape index (κ1) is 11.4. The fourth-order valence-corrected chi connectivity index (χ4v) is 2.80. The lowest BCUT2D eigenvalue weighted by Gasteiger charge is -2.23. The summed E-state index contributed by atoms with van der Waals surface area (Å²) in [5.74, 6) is 0. The molecular weight excluding hydrogens is 224 g/mol. The lowest BCUT2D eigenvalue weighted by Crippen LogP contribution is -2.26. The van der Waals surface area contributed by atoms with Crippen LogP contribution in [0.2, 0.25) is 0 Å². The highest BCUT2D eigenvalue weighted by Gasteiger charge is 2.40. The molecular formula is C15H16N2O. The van der Waals surface area contributed by atoms with E-state index in [-0.39, 0.29) is 6.04 Å². The van der Waals surface area contributed by atoms with Crippen LogP contribution in [0.15, 0.2) is 48.7 Å². The van der Waals surface area contributed by atoms with Crippen molar-refractivity contribution in [2.45, 2.75) is 24.5 Å². The minimum Gasteiger partial charge on any atom is -0.385 e. The van der Waals surface area contributed by atoms with Crippen molar-refractivity contribution in [3.05, 3.63) is 65.5 Å². The summed E-state index contributed by atoms with van der Waals surface area (Å²) < 4.78 is 0. The molecule has 3 rings (SSSR count). The van der Waals surface area contributed by atoms with Crippen molar-refractivity contribution in [3.63, 3.8) is 0 Å². The van der Waals surface area contributed by atoms with Crippen molar-refractivity contribution >= 4 is 0 Å². The van der Waals surface area contributed by atoms with E-state index in [1.807, 2.05) is 42.5 Å². The molecule has 2 atom stereocenters. The highest BCUT2D eigenvalue weighted by Crippen LogP contribution is 2.43. The third-order valence-corrected chi connectivity index (χ3v) is 3.62. The zero-order valence-corrected chi connectivity index (χ0v) is 10.1. The molecule has 0 aliphatic heterocycles. The Hall–Kier alpha value is -1.71. The molecule has 1 aliphatic rings. The van der Waals surface area contributed by atoms with E-state index in [0.717, 1.165) is 16.8 Å². The van der Waals surface area contributed by atoms with Crippen molar-refractivity contribution in [1.82, 2.24) is 4.98 Å². The van der Waals surface area contributed by atoms with E-state index in [1.165, 1.54) is 0 Å². The number of aromatic nitrogens is 1. The molecule has 0 saturated heterocycles. The zero-order chi connectivity index (χ0) is 12.6. The normalized spacial score (nSPS) is 26.0. The molecule has 0 fully saturated rings. The summed E-state index contributed by atoms with van der Waals surface area (Å²) in [6, 6.07) is 13.5. The molecule has 0 radical (unpaired) electrons. The van der Waals surface area contributed by atoms with Crippen molar-refractivity contribution in [2.24, 2.45) is 5.73 Å². The van der Waals surface area contributed by atoms with E-state index in [4.69, 9.17) is 5.73 Å². The molecule has 2 unspecified atom stereocenters. The summed E-state index contributed by atoms with van der Waals surface area (Å²) in [5.41, 5.74) is 8.10. The van der Waals surface area contributed by atoms with Gasteiger partial charge < -0.3 is 10.8 Å². The number of aliphatic hydroxyl groups is 1. The van der Waals surface area contributed by atoms with Crippen LogP contribution in [0.25, 0.3) is 0 Å². The second-order valence-electron chi connectivity index (χ2n) is 4.93. The van der Waals surface area contributed by atoms with Gasteiger partial charge in [-0.1, -0.05) is 30.3 Å². The second kappa shape index (κ2) is 4.19. The third-order valence-electron chi connectivity index (χ3n) is 3.62. The van der Waals surface area contributed by atoms with Crippen molar-refractivity contribution in [1.29, 1.82) is 0 Å². The lowest BCUT2D eigenvalue weighted by molar-refractivity contribution is 0.0332. The highest BCUT2D eigenvalue weighted by atomic mass is 16.3. The maximum Gasteiger partial charge on any atom is 0.0973 e. The maximum atomic E-state index is 10.8. The zero-order valence-electron chi connectivity index (χ0n) is 10.1. The average Bonchev–Trinajstić information content (AvgIpc) is 2.63. The minimum absolute atomic E-state index is 0.0880. The Balaban J connectivity index is 1.97. The van der Waals surface area contributed by atoms with E-state index in [9.17, 15) is 5.11 Å². The van der Waals surface area contributed by atoms with Crippen LogP contribution < -0.4 is 5.73 Å². The number of benzene rings is 1. The number of hydrogen-bond donors (Lipinski definition) is 2. The molecule has 3 nitrogen and oxygen atoms in total. The van der Waals surface area contributed by atoms with Gasteiger partial charge in [-0.25, -0.2) is 0 Å². The fourth-order valence-electron chi connectivity index (χ4n) is 2.80. The molecule has 0 saturated carbocycles. The van der Waals surface area contributed by atoms with Crippen LogP contribution in [0.5, 0.6) is 0 Å². The topological polar surface area (TPSA) is 59.1 Å². The summed E-state index contributed by atoms with van der Waals surface area (Å²) >= 11 is 0. The lowest BCUT2D eigenvalue weighted by atomic mass is 9.90. The number of pyridine rings is 1. The Morgan fingerprint density at radius 3 is 2.78 bits per heavy atom.